The number of rotatable bonds is 3. The summed E-state index contributed by atoms with van der Waals surface area (Å²) in [4.78, 5) is 16.4. The van der Waals surface area contributed by atoms with Crippen molar-refractivity contribution in [2.24, 2.45) is 0 Å². The molecule has 1 aromatic carbocycles. The van der Waals surface area contributed by atoms with Crippen molar-refractivity contribution in [3.8, 4) is 11.3 Å². The van der Waals surface area contributed by atoms with Gasteiger partial charge < -0.3 is 0 Å². The number of halogens is 1. The van der Waals surface area contributed by atoms with Crippen molar-refractivity contribution >= 4 is 28.2 Å². The Morgan fingerprint density at radius 1 is 1.38 bits per heavy atom. The first-order valence-corrected chi connectivity index (χ1v) is 7.09. The van der Waals surface area contributed by atoms with Gasteiger partial charge in [0.1, 0.15) is 5.82 Å². The number of hydrogen-bond acceptors (Lipinski definition) is 4. The number of thiazole rings is 1. The number of nitrogens with zero attached hydrogens (tertiary/aromatic N) is 3. The molecular weight excluding hydrogens is 291 g/mol. The van der Waals surface area contributed by atoms with E-state index in [2.05, 4.69) is 15.4 Å². The molecule has 7 heteroatoms. The standard InChI is InChI=1S/C14H11FN4OS/c1-2-3-12(20)16-13-17-14-19(18-13)11(8-21-14)9-4-6-10(15)7-5-9/h2-8H,1H3,(H,16,18,20)/b3-2+. The van der Waals surface area contributed by atoms with E-state index < -0.39 is 0 Å². The summed E-state index contributed by atoms with van der Waals surface area (Å²) < 4.78 is 14.6. The normalized spacial score (nSPS) is 11.3. The Balaban J connectivity index is 1.96. The van der Waals surface area contributed by atoms with Gasteiger partial charge in [0.2, 0.25) is 10.9 Å². The lowest BCUT2D eigenvalue weighted by molar-refractivity contribution is -0.111. The van der Waals surface area contributed by atoms with E-state index in [1.165, 1.54) is 29.5 Å². The molecule has 0 aliphatic carbocycles. The van der Waals surface area contributed by atoms with Gasteiger partial charge in [0.25, 0.3) is 5.95 Å². The van der Waals surface area contributed by atoms with Crippen molar-refractivity contribution in [2.75, 3.05) is 5.32 Å². The molecule has 0 saturated carbocycles. The minimum atomic E-state index is -0.289. The third-order valence-electron chi connectivity index (χ3n) is 2.77. The molecule has 0 aliphatic heterocycles. The largest absolute Gasteiger partial charge is 0.290 e. The highest BCUT2D eigenvalue weighted by Crippen LogP contribution is 2.25. The molecular formula is C14H11FN4OS. The van der Waals surface area contributed by atoms with Crippen LogP contribution in [-0.4, -0.2) is 20.5 Å². The average molecular weight is 302 g/mol. The van der Waals surface area contributed by atoms with Crippen LogP contribution in [-0.2, 0) is 4.79 Å². The number of hydrogen-bond donors (Lipinski definition) is 1. The molecule has 0 atom stereocenters. The summed E-state index contributed by atoms with van der Waals surface area (Å²) in [6.07, 6.45) is 3.04. The van der Waals surface area contributed by atoms with Crippen LogP contribution in [0.15, 0.2) is 41.8 Å². The summed E-state index contributed by atoms with van der Waals surface area (Å²) in [5, 5.41) is 8.72. The summed E-state index contributed by atoms with van der Waals surface area (Å²) in [5.41, 5.74) is 1.63. The summed E-state index contributed by atoms with van der Waals surface area (Å²) in [5.74, 6) is -0.324. The quantitative estimate of drug-likeness (QED) is 0.756. The maximum absolute atomic E-state index is 13.0. The molecule has 0 spiro atoms. The van der Waals surface area contributed by atoms with Gasteiger partial charge in [-0.25, -0.2) is 8.91 Å². The minimum Gasteiger partial charge on any atom is -0.290 e. The van der Waals surface area contributed by atoms with E-state index in [0.29, 0.717) is 4.96 Å². The van der Waals surface area contributed by atoms with Crippen molar-refractivity contribution in [1.29, 1.82) is 0 Å². The molecule has 0 radical (unpaired) electrons. The van der Waals surface area contributed by atoms with E-state index in [4.69, 9.17) is 0 Å². The maximum Gasteiger partial charge on any atom is 0.250 e. The molecule has 5 nitrogen and oxygen atoms in total. The average Bonchev–Trinajstić information content (AvgIpc) is 3.00. The van der Waals surface area contributed by atoms with E-state index in [9.17, 15) is 9.18 Å². The molecule has 0 unspecified atom stereocenters. The van der Waals surface area contributed by atoms with E-state index in [1.54, 1.807) is 29.6 Å². The Morgan fingerprint density at radius 2 is 2.14 bits per heavy atom. The van der Waals surface area contributed by atoms with Gasteiger partial charge in [0.15, 0.2) is 0 Å². The number of anilines is 1. The van der Waals surface area contributed by atoms with Gasteiger partial charge in [0.05, 0.1) is 5.69 Å². The number of fused-ring (bicyclic) bond motifs is 1. The Hall–Kier alpha value is -2.54. The number of amides is 1. The van der Waals surface area contributed by atoms with Gasteiger partial charge in [-0.2, -0.15) is 4.98 Å². The molecule has 106 valence electrons. The predicted octanol–water partition coefficient (Wildman–Crippen LogP) is 3.11. The second-order valence-electron chi connectivity index (χ2n) is 4.25. The molecule has 2 heterocycles. The zero-order chi connectivity index (χ0) is 14.8. The zero-order valence-corrected chi connectivity index (χ0v) is 11.9. The van der Waals surface area contributed by atoms with Crippen LogP contribution in [0.5, 0.6) is 0 Å². The highest BCUT2D eigenvalue weighted by Gasteiger charge is 2.12. The number of nitrogens with one attached hydrogen (secondary N) is 1. The number of allylic oxidation sites excluding steroid dienone is 1. The molecule has 1 N–H and O–H groups in total. The van der Waals surface area contributed by atoms with Gasteiger partial charge in [-0.15, -0.1) is 16.4 Å². The van der Waals surface area contributed by atoms with Crippen molar-refractivity contribution < 1.29 is 9.18 Å². The summed E-state index contributed by atoms with van der Waals surface area (Å²) in [7, 11) is 0. The van der Waals surface area contributed by atoms with Gasteiger partial charge in [-0.1, -0.05) is 6.08 Å². The molecule has 3 rings (SSSR count). The first-order chi connectivity index (χ1) is 10.2. The van der Waals surface area contributed by atoms with Gasteiger partial charge in [-0.05, 0) is 37.3 Å². The minimum absolute atomic E-state index is 0.244. The molecule has 1 amide bonds. The molecule has 3 aromatic rings. The van der Waals surface area contributed by atoms with Crippen molar-refractivity contribution in [3.63, 3.8) is 0 Å². The fourth-order valence-corrected chi connectivity index (χ4v) is 2.69. The van der Waals surface area contributed by atoms with Crippen LogP contribution in [0.2, 0.25) is 0 Å². The SMILES string of the molecule is C/C=C/C(=O)Nc1nc2scc(-c3ccc(F)cc3)n2n1. The smallest absolute Gasteiger partial charge is 0.250 e. The highest BCUT2D eigenvalue weighted by molar-refractivity contribution is 7.15. The molecule has 0 fully saturated rings. The summed E-state index contributed by atoms with van der Waals surface area (Å²) in [6.45, 7) is 1.76. The Bertz CT molecular complexity index is 819. The lowest BCUT2D eigenvalue weighted by Gasteiger charge is -1.98. The molecule has 0 bridgehead atoms. The number of benzene rings is 1. The van der Waals surface area contributed by atoms with Crippen molar-refractivity contribution in [2.45, 2.75) is 6.92 Å². The van der Waals surface area contributed by atoms with Gasteiger partial charge in [-0.3, -0.25) is 10.1 Å². The number of aromatic nitrogens is 3. The number of carbonyl (C=O) groups is 1. The Labute approximate surface area is 123 Å². The number of carbonyl (C=O) groups excluding carboxylic acids is 1. The van der Waals surface area contributed by atoms with Crippen molar-refractivity contribution in [3.05, 3.63) is 47.6 Å². The Kier molecular flexibility index (Phi) is 3.49. The monoisotopic (exact) mass is 302 g/mol. The fraction of sp³-hybridized carbons (Fsp3) is 0.0714. The Morgan fingerprint density at radius 3 is 2.86 bits per heavy atom. The third kappa shape index (κ3) is 2.68. The molecule has 21 heavy (non-hydrogen) atoms. The molecule has 2 aromatic heterocycles. The second kappa shape index (κ2) is 5.45. The summed E-state index contributed by atoms with van der Waals surface area (Å²) in [6, 6.07) is 6.14. The van der Waals surface area contributed by atoms with Gasteiger partial charge >= 0.3 is 0 Å². The van der Waals surface area contributed by atoms with E-state index in [1.807, 2.05) is 5.38 Å². The summed E-state index contributed by atoms with van der Waals surface area (Å²) >= 11 is 1.40. The predicted molar refractivity (Wildman–Crippen MR) is 79.7 cm³/mol. The second-order valence-corrected chi connectivity index (χ2v) is 5.08. The van der Waals surface area contributed by atoms with Crippen LogP contribution in [0.4, 0.5) is 10.3 Å². The van der Waals surface area contributed by atoms with Crippen LogP contribution in [0, 0.1) is 5.82 Å². The molecule has 0 saturated heterocycles. The fourth-order valence-electron chi connectivity index (χ4n) is 1.86. The highest BCUT2D eigenvalue weighted by atomic mass is 32.1. The van der Waals surface area contributed by atoms with E-state index in [-0.39, 0.29) is 17.7 Å². The van der Waals surface area contributed by atoms with E-state index in [0.717, 1.165) is 11.3 Å². The first kappa shape index (κ1) is 13.4. The zero-order valence-electron chi connectivity index (χ0n) is 11.1. The lowest BCUT2D eigenvalue weighted by atomic mass is 10.2. The van der Waals surface area contributed by atoms with Crippen LogP contribution in [0.25, 0.3) is 16.2 Å². The van der Waals surface area contributed by atoms with Crippen LogP contribution in [0.3, 0.4) is 0 Å². The van der Waals surface area contributed by atoms with Gasteiger partial charge in [0, 0.05) is 10.9 Å². The first-order valence-electron chi connectivity index (χ1n) is 6.21. The van der Waals surface area contributed by atoms with Crippen LogP contribution >= 0.6 is 11.3 Å². The van der Waals surface area contributed by atoms with Crippen LogP contribution in [0.1, 0.15) is 6.92 Å². The maximum atomic E-state index is 13.0. The molecule has 0 aliphatic rings. The van der Waals surface area contributed by atoms with Crippen molar-refractivity contribution in [1.82, 2.24) is 14.6 Å². The lowest BCUT2D eigenvalue weighted by Crippen LogP contribution is -2.09. The third-order valence-corrected chi connectivity index (χ3v) is 3.59. The van der Waals surface area contributed by atoms with Crippen LogP contribution < -0.4 is 5.32 Å². The topological polar surface area (TPSA) is 59.3 Å². The van der Waals surface area contributed by atoms with E-state index >= 15 is 0 Å².